The molecule has 0 aliphatic heterocycles. The van der Waals surface area contributed by atoms with Gasteiger partial charge in [0.25, 0.3) is 0 Å². The van der Waals surface area contributed by atoms with Crippen LogP contribution >= 0.6 is 0 Å². The number of ether oxygens (including phenoxy) is 3. The summed E-state index contributed by atoms with van der Waals surface area (Å²) in [6.45, 7) is 4.68. The van der Waals surface area contributed by atoms with Crippen LogP contribution in [0.3, 0.4) is 0 Å². The average molecular weight is 314 g/mol. The van der Waals surface area contributed by atoms with E-state index in [4.69, 9.17) is 14.2 Å². The number of rotatable bonds is 7. The molecule has 0 saturated carbocycles. The normalized spacial score (nSPS) is 11.8. The summed E-state index contributed by atoms with van der Waals surface area (Å²) in [5.41, 5.74) is 1.52. The predicted molar refractivity (Wildman–Crippen MR) is 89.1 cm³/mol. The Morgan fingerprint density at radius 1 is 1.00 bits per heavy atom. The van der Waals surface area contributed by atoms with Gasteiger partial charge in [0.2, 0.25) is 0 Å². The Bertz CT molecular complexity index is 617. The number of esters is 1. The quantitative estimate of drug-likeness (QED) is 0.561. The summed E-state index contributed by atoms with van der Waals surface area (Å²) in [6, 6.07) is 14.3. The molecule has 0 amide bonds. The Kier molecular flexibility index (Phi) is 6.18. The van der Waals surface area contributed by atoms with Crippen LogP contribution < -0.4 is 9.47 Å². The minimum Gasteiger partial charge on any atom is -0.494 e. The number of carbonyl (C=O) groups is 1. The lowest BCUT2D eigenvalue weighted by atomic mass is 10.1. The van der Waals surface area contributed by atoms with Crippen LogP contribution in [0.4, 0.5) is 0 Å². The highest BCUT2D eigenvalue weighted by molar-refractivity contribution is 5.91. The van der Waals surface area contributed by atoms with Gasteiger partial charge in [-0.25, -0.2) is 4.79 Å². The summed E-state index contributed by atoms with van der Waals surface area (Å²) in [5, 5.41) is 0. The summed E-state index contributed by atoms with van der Waals surface area (Å²) in [6.07, 6.45) is 0.949. The van der Waals surface area contributed by atoms with Crippen molar-refractivity contribution in [1.82, 2.24) is 0 Å². The molecule has 0 radical (unpaired) electrons. The molecule has 2 aromatic rings. The molecular weight excluding hydrogens is 292 g/mol. The molecule has 2 rings (SSSR count). The third kappa shape index (κ3) is 4.83. The van der Waals surface area contributed by atoms with E-state index in [9.17, 15) is 4.79 Å². The summed E-state index contributed by atoms with van der Waals surface area (Å²) >= 11 is 0. The molecule has 1 atom stereocenters. The lowest BCUT2D eigenvalue weighted by Gasteiger charge is -2.10. The molecule has 122 valence electrons. The lowest BCUT2D eigenvalue weighted by molar-refractivity contribution is 0.0734. The van der Waals surface area contributed by atoms with E-state index in [0.29, 0.717) is 17.9 Å². The first-order valence-electron chi connectivity index (χ1n) is 7.71. The van der Waals surface area contributed by atoms with Gasteiger partial charge in [0.15, 0.2) is 0 Å². The van der Waals surface area contributed by atoms with Crippen molar-refractivity contribution < 1.29 is 19.0 Å². The van der Waals surface area contributed by atoms with E-state index in [2.05, 4.69) is 6.92 Å². The molecule has 0 bridgehead atoms. The Labute approximate surface area is 137 Å². The van der Waals surface area contributed by atoms with Crippen molar-refractivity contribution in [3.05, 3.63) is 59.7 Å². The van der Waals surface area contributed by atoms with Crippen LogP contribution in [-0.2, 0) is 4.74 Å². The third-order valence-electron chi connectivity index (χ3n) is 3.48. The van der Waals surface area contributed by atoms with Crippen LogP contribution in [0.5, 0.6) is 11.5 Å². The summed E-state index contributed by atoms with van der Waals surface area (Å²) < 4.78 is 16.1. The minimum atomic E-state index is -0.385. The maximum absolute atomic E-state index is 12.1. The number of benzene rings is 2. The molecule has 0 aromatic heterocycles. The highest BCUT2D eigenvalue weighted by Crippen LogP contribution is 2.20. The van der Waals surface area contributed by atoms with Gasteiger partial charge in [-0.1, -0.05) is 19.1 Å². The van der Waals surface area contributed by atoms with E-state index in [1.54, 1.807) is 43.5 Å². The van der Waals surface area contributed by atoms with Gasteiger partial charge < -0.3 is 14.2 Å². The van der Waals surface area contributed by atoms with Gasteiger partial charge in [-0.05, 0) is 55.3 Å². The maximum Gasteiger partial charge on any atom is 0.343 e. The molecule has 23 heavy (non-hydrogen) atoms. The molecule has 2 aromatic carbocycles. The fraction of sp³-hybridized carbons (Fsp3) is 0.316. The predicted octanol–water partition coefficient (Wildman–Crippen LogP) is 4.40. The Morgan fingerprint density at radius 3 is 2.17 bits per heavy atom. The number of hydrogen-bond acceptors (Lipinski definition) is 4. The molecule has 0 fully saturated rings. The van der Waals surface area contributed by atoms with Crippen LogP contribution in [0.1, 0.15) is 42.3 Å². The van der Waals surface area contributed by atoms with E-state index in [0.717, 1.165) is 17.7 Å². The number of hydrogen-bond donors (Lipinski definition) is 0. The van der Waals surface area contributed by atoms with Gasteiger partial charge in [-0.2, -0.15) is 0 Å². The topological polar surface area (TPSA) is 44.8 Å². The first-order valence-corrected chi connectivity index (χ1v) is 7.71. The second-order valence-electron chi connectivity index (χ2n) is 5.21. The van der Waals surface area contributed by atoms with Crippen molar-refractivity contribution in [2.45, 2.75) is 26.4 Å². The van der Waals surface area contributed by atoms with E-state index in [1.807, 2.05) is 19.1 Å². The van der Waals surface area contributed by atoms with Gasteiger partial charge in [0, 0.05) is 7.11 Å². The largest absolute Gasteiger partial charge is 0.494 e. The molecular formula is C19H22O4. The first-order chi connectivity index (χ1) is 11.1. The fourth-order valence-electron chi connectivity index (χ4n) is 2.02. The highest BCUT2D eigenvalue weighted by Gasteiger charge is 2.10. The zero-order chi connectivity index (χ0) is 16.7. The minimum absolute atomic E-state index is 0.00395. The second-order valence-corrected chi connectivity index (χ2v) is 5.21. The number of carbonyl (C=O) groups excluding carboxylic acids is 1. The lowest BCUT2D eigenvalue weighted by Crippen LogP contribution is -2.08. The monoisotopic (exact) mass is 314 g/mol. The maximum atomic E-state index is 12.1. The summed E-state index contributed by atoms with van der Waals surface area (Å²) in [5.74, 6) is 0.876. The third-order valence-corrected chi connectivity index (χ3v) is 3.48. The highest BCUT2D eigenvalue weighted by atomic mass is 16.5. The molecule has 1 unspecified atom stereocenters. The van der Waals surface area contributed by atoms with Gasteiger partial charge in [-0.15, -0.1) is 0 Å². The molecule has 0 aliphatic rings. The molecule has 0 N–H and O–H groups in total. The molecule has 0 heterocycles. The van der Waals surface area contributed by atoms with Crippen LogP contribution in [0, 0.1) is 0 Å². The van der Waals surface area contributed by atoms with E-state index in [-0.39, 0.29) is 12.1 Å². The van der Waals surface area contributed by atoms with Crippen molar-refractivity contribution in [3.63, 3.8) is 0 Å². The standard InChI is InChI=1S/C19H22O4/c1-4-13-22-17-9-11-18(12-10-17)23-19(20)16-7-5-15(6-8-16)14(2)21-3/h5-12,14H,4,13H2,1-3H3. The van der Waals surface area contributed by atoms with Gasteiger partial charge in [0.1, 0.15) is 11.5 Å². The van der Waals surface area contributed by atoms with Crippen LogP contribution in [-0.4, -0.2) is 19.7 Å². The summed E-state index contributed by atoms with van der Waals surface area (Å²) in [4.78, 5) is 12.1. The Balaban J connectivity index is 1.98. The van der Waals surface area contributed by atoms with Crippen molar-refractivity contribution in [3.8, 4) is 11.5 Å². The van der Waals surface area contributed by atoms with Crippen LogP contribution in [0.15, 0.2) is 48.5 Å². The Hall–Kier alpha value is -2.33. The zero-order valence-corrected chi connectivity index (χ0v) is 13.7. The van der Waals surface area contributed by atoms with Crippen LogP contribution in [0.2, 0.25) is 0 Å². The van der Waals surface area contributed by atoms with E-state index >= 15 is 0 Å². The smallest absolute Gasteiger partial charge is 0.343 e. The van der Waals surface area contributed by atoms with Gasteiger partial charge in [0.05, 0.1) is 18.3 Å². The molecule has 0 aliphatic carbocycles. The molecule has 4 nitrogen and oxygen atoms in total. The molecule has 0 spiro atoms. The van der Waals surface area contributed by atoms with Crippen molar-refractivity contribution >= 4 is 5.97 Å². The number of methoxy groups -OCH3 is 1. The zero-order valence-electron chi connectivity index (χ0n) is 13.7. The molecule has 0 saturated heterocycles. The van der Waals surface area contributed by atoms with Gasteiger partial charge in [-0.3, -0.25) is 0 Å². The SMILES string of the molecule is CCCOc1ccc(OC(=O)c2ccc(C(C)OC)cc2)cc1. The van der Waals surface area contributed by atoms with E-state index in [1.165, 1.54) is 0 Å². The molecule has 4 heteroatoms. The van der Waals surface area contributed by atoms with E-state index < -0.39 is 0 Å². The summed E-state index contributed by atoms with van der Waals surface area (Å²) in [7, 11) is 1.65. The Morgan fingerprint density at radius 2 is 1.61 bits per heavy atom. The van der Waals surface area contributed by atoms with Crippen molar-refractivity contribution in [2.24, 2.45) is 0 Å². The van der Waals surface area contributed by atoms with Crippen molar-refractivity contribution in [2.75, 3.05) is 13.7 Å². The van der Waals surface area contributed by atoms with Crippen molar-refractivity contribution in [1.29, 1.82) is 0 Å². The van der Waals surface area contributed by atoms with Crippen LogP contribution in [0.25, 0.3) is 0 Å². The fourth-order valence-corrected chi connectivity index (χ4v) is 2.02. The average Bonchev–Trinajstić information content (AvgIpc) is 2.60. The second kappa shape index (κ2) is 8.34. The van der Waals surface area contributed by atoms with Gasteiger partial charge >= 0.3 is 5.97 Å². The first kappa shape index (κ1) is 17.0.